The van der Waals surface area contributed by atoms with Gasteiger partial charge in [0, 0.05) is 5.69 Å². The van der Waals surface area contributed by atoms with E-state index in [0.29, 0.717) is 11.2 Å². The summed E-state index contributed by atoms with van der Waals surface area (Å²) in [6.07, 6.45) is 0. The zero-order chi connectivity index (χ0) is 15.5. The third-order valence-electron chi connectivity index (χ3n) is 2.01. The minimum atomic E-state index is -1.40. The lowest BCUT2D eigenvalue weighted by atomic mass is 9.80. The Balaban J connectivity index is 0.000000361. The zero-order valence-corrected chi connectivity index (χ0v) is 10.9. The standard InChI is InChI=1S/C6H8BNO2.C5H9NO4/c8-6-3-1-5(2-4-6)7(9)10;1-10-5(9)3-6-2-4(7)8/h1-4,9-10H,8H2;6H,2-3H2,1H3,(H,7,8). The van der Waals surface area contributed by atoms with Crippen LogP contribution < -0.4 is 16.5 Å². The summed E-state index contributed by atoms with van der Waals surface area (Å²) in [6, 6.07) is 6.38. The molecule has 0 aliphatic carbocycles. The molecule has 0 amide bonds. The Morgan fingerprint density at radius 1 is 1.25 bits per heavy atom. The molecule has 0 aliphatic rings. The van der Waals surface area contributed by atoms with Crippen molar-refractivity contribution in [1.29, 1.82) is 0 Å². The van der Waals surface area contributed by atoms with Gasteiger partial charge in [-0.15, -0.1) is 0 Å². The molecule has 20 heavy (non-hydrogen) atoms. The van der Waals surface area contributed by atoms with Gasteiger partial charge in [-0.2, -0.15) is 0 Å². The first-order valence-electron chi connectivity index (χ1n) is 5.57. The minimum Gasteiger partial charge on any atom is -0.480 e. The summed E-state index contributed by atoms with van der Waals surface area (Å²) in [6.45, 7) is -0.294. The molecule has 0 bridgehead atoms. The minimum absolute atomic E-state index is 0.0667. The summed E-state index contributed by atoms with van der Waals surface area (Å²) in [5, 5.41) is 27.7. The number of carboxylic acids is 1. The number of benzene rings is 1. The predicted octanol–water partition coefficient (Wildman–Crippen LogP) is -2.22. The maximum absolute atomic E-state index is 10.3. The number of rotatable bonds is 5. The van der Waals surface area contributed by atoms with Crippen LogP contribution in [0.1, 0.15) is 0 Å². The number of esters is 1. The third-order valence-corrected chi connectivity index (χ3v) is 2.01. The van der Waals surface area contributed by atoms with E-state index >= 15 is 0 Å². The molecule has 1 aromatic rings. The number of carbonyl (C=O) groups excluding carboxylic acids is 1. The summed E-state index contributed by atoms with van der Waals surface area (Å²) < 4.78 is 4.24. The number of nitrogens with two attached hydrogens (primary N) is 1. The lowest BCUT2D eigenvalue weighted by Crippen LogP contribution is -2.29. The molecule has 0 aromatic heterocycles. The summed E-state index contributed by atoms with van der Waals surface area (Å²) in [5.41, 5.74) is 6.43. The summed E-state index contributed by atoms with van der Waals surface area (Å²) in [7, 11) is -0.161. The number of ether oxygens (including phenoxy) is 1. The molecule has 6 N–H and O–H groups in total. The smallest absolute Gasteiger partial charge is 0.480 e. The van der Waals surface area contributed by atoms with Gasteiger partial charge in [0.05, 0.1) is 20.2 Å². The van der Waals surface area contributed by atoms with E-state index < -0.39 is 19.1 Å². The van der Waals surface area contributed by atoms with Crippen LogP contribution in [0, 0.1) is 0 Å². The molecular weight excluding hydrogens is 267 g/mol. The normalized spacial score (nSPS) is 9.15. The number of carbonyl (C=O) groups is 2. The van der Waals surface area contributed by atoms with E-state index in [1.54, 1.807) is 24.3 Å². The average molecular weight is 284 g/mol. The second-order valence-corrected chi connectivity index (χ2v) is 3.61. The lowest BCUT2D eigenvalue weighted by Gasteiger charge is -1.97. The van der Waals surface area contributed by atoms with Crippen molar-refractivity contribution in [3.63, 3.8) is 0 Å². The quantitative estimate of drug-likeness (QED) is 0.232. The number of nitrogen functional groups attached to an aromatic ring is 1. The number of hydrogen-bond acceptors (Lipinski definition) is 7. The van der Waals surface area contributed by atoms with Crippen LogP contribution in [-0.2, 0) is 14.3 Å². The molecule has 0 heterocycles. The fourth-order valence-corrected chi connectivity index (χ4v) is 1.01. The number of methoxy groups -OCH3 is 1. The van der Waals surface area contributed by atoms with Gasteiger partial charge in [-0.05, 0) is 17.6 Å². The van der Waals surface area contributed by atoms with E-state index in [2.05, 4.69) is 10.1 Å². The number of carboxylic acid groups (broad SMARTS) is 1. The highest BCUT2D eigenvalue weighted by Crippen LogP contribution is 1.96. The third kappa shape index (κ3) is 8.92. The predicted molar refractivity (Wildman–Crippen MR) is 73.2 cm³/mol. The van der Waals surface area contributed by atoms with Gasteiger partial charge in [-0.25, -0.2) is 0 Å². The summed E-state index contributed by atoms with van der Waals surface area (Å²) >= 11 is 0. The molecule has 0 saturated carbocycles. The Bertz CT molecular complexity index is 423. The molecule has 1 aromatic carbocycles. The second kappa shape index (κ2) is 9.79. The van der Waals surface area contributed by atoms with Crippen molar-refractivity contribution in [2.45, 2.75) is 0 Å². The van der Waals surface area contributed by atoms with Crippen molar-refractivity contribution >= 4 is 30.2 Å². The number of aliphatic carboxylic acids is 1. The van der Waals surface area contributed by atoms with Gasteiger partial charge < -0.3 is 25.6 Å². The van der Waals surface area contributed by atoms with Gasteiger partial charge in [-0.3, -0.25) is 14.9 Å². The molecule has 0 unspecified atom stereocenters. The van der Waals surface area contributed by atoms with Gasteiger partial charge in [0.15, 0.2) is 0 Å². The topological polar surface area (TPSA) is 142 Å². The van der Waals surface area contributed by atoms with E-state index in [0.717, 1.165) is 0 Å². The van der Waals surface area contributed by atoms with Crippen molar-refractivity contribution in [3.8, 4) is 0 Å². The Labute approximate surface area is 116 Å². The molecule has 0 saturated heterocycles. The first-order chi connectivity index (χ1) is 9.36. The van der Waals surface area contributed by atoms with E-state index in [9.17, 15) is 9.59 Å². The Kier molecular flexibility index (Phi) is 8.76. The fourth-order valence-electron chi connectivity index (χ4n) is 1.01. The SMILES string of the molecule is COC(=O)CNCC(=O)O.Nc1ccc(B(O)O)cc1. The fraction of sp³-hybridized carbons (Fsp3) is 0.273. The van der Waals surface area contributed by atoms with Crippen LogP contribution in [0.4, 0.5) is 5.69 Å². The van der Waals surface area contributed by atoms with Crippen molar-refractivity contribution in [2.24, 2.45) is 0 Å². The first-order valence-corrected chi connectivity index (χ1v) is 5.57. The number of anilines is 1. The van der Waals surface area contributed by atoms with Crippen LogP contribution in [0.15, 0.2) is 24.3 Å². The van der Waals surface area contributed by atoms with Crippen molar-refractivity contribution in [3.05, 3.63) is 24.3 Å². The van der Waals surface area contributed by atoms with Crippen LogP contribution in [0.2, 0.25) is 0 Å². The molecule has 0 radical (unpaired) electrons. The van der Waals surface area contributed by atoms with Crippen molar-refractivity contribution in [1.82, 2.24) is 5.32 Å². The Hall–Kier alpha value is -2.10. The van der Waals surface area contributed by atoms with Gasteiger partial charge in [0.25, 0.3) is 0 Å². The first kappa shape index (κ1) is 17.9. The zero-order valence-electron chi connectivity index (χ0n) is 10.9. The lowest BCUT2D eigenvalue weighted by molar-refractivity contribution is -0.140. The van der Waals surface area contributed by atoms with Crippen LogP contribution in [0.3, 0.4) is 0 Å². The molecular formula is C11H17BN2O6. The number of hydrogen-bond donors (Lipinski definition) is 5. The highest BCUT2D eigenvalue weighted by atomic mass is 16.5. The molecule has 0 atom stereocenters. The van der Waals surface area contributed by atoms with Gasteiger partial charge in [-0.1, -0.05) is 12.1 Å². The van der Waals surface area contributed by atoms with Crippen LogP contribution in [0.5, 0.6) is 0 Å². The molecule has 110 valence electrons. The second-order valence-electron chi connectivity index (χ2n) is 3.61. The van der Waals surface area contributed by atoms with E-state index in [4.69, 9.17) is 20.9 Å². The summed E-state index contributed by atoms with van der Waals surface area (Å²) in [4.78, 5) is 20.2. The molecule has 8 nitrogen and oxygen atoms in total. The average Bonchev–Trinajstić information content (AvgIpc) is 2.39. The van der Waals surface area contributed by atoms with Crippen LogP contribution in [0.25, 0.3) is 0 Å². The molecule has 1 rings (SSSR count). The molecule has 0 spiro atoms. The summed E-state index contributed by atoms with van der Waals surface area (Å²) in [5.74, 6) is -1.47. The maximum atomic E-state index is 10.3. The van der Waals surface area contributed by atoms with Crippen molar-refractivity contribution < 1.29 is 29.5 Å². The monoisotopic (exact) mass is 284 g/mol. The Morgan fingerprint density at radius 2 is 1.80 bits per heavy atom. The highest BCUT2D eigenvalue weighted by molar-refractivity contribution is 6.58. The Morgan fingerprint density at radius 3 is 2.20 bits per heavy atom. The van der Waals surface area contributed by atoms with Gasteiger partial charge in [0.2, 0.25) is 0 Å². The van der Waals surface area contributed by atoms with E-state index in [1.807, 2.05) is 0 Å². The molecule has 0 aliphatic heterocycles. The van der Waals surface area contributed by atoms with Crippen molar-refractivity contribution in [2.75, 3.05) is 25.9 Å². The van der Waals surface area contributed by atoms with Gasteiger partial charge in [0.1, 0.15) is 0 Å². The van der Waals surface area contributed by atoms with E-state index in [1.165, 1.54) is 7.11 Å². The maximum Gasteiger partial charge on any atom is 0.488 e. The largest absolute Gasteiger partial charge is 0.488 e. The molecule has 0 fully saturated rings. The van der Waals surface area contributed by atoms with Crippen LogP contribution in [-0.4, -0.2) is 54.4 Å². The van der Waals surface area contributed by atoms with Crippen LogP contribution >= 0.6 is 0 Å². The molecule has 9 heteroatoms. The van der Waals surface area contributed by atoms with Gasteiger partial charge >= 0.3 is 19.1 Å². The van der Waals surface area contributed by atoms with E-state index in [-0.39, 0.29) is 13.1 Å². The highest BCUT2D eigenvalue weighted by Gasteiger charge is 2.08. The number of nitrogens with one attached hydrogen (secondary N) is 1.